The van der Waals surface area contributed by atoms with Crippen molar-refractivity contribution in [1.82, 2.24) is 20.1 Å². The fourth-order valence-corrected chi connectivity index (χ4v) is 1.99. The summed E-state index contributed by atoms with van der Waals surface area (Å²) in [4.78, 5) is 16.3. The highest BCUT2D eigenvalue weighted by Crippen LogP contribution is 2.11. The Morgan fingerprint density at radius 3 is 2.90 bits per heavy atom. The number of hydrogen-bond donors (Lipinski definition) is 1. The van der Waals surface area contributed by atoms with E-state index in [4.69, 9.17) is 4.42 Å². The molecule has 3 rings (SSSR count). The molecule has 106 valence electrons. The minimum Gasteiger partial charge on any atom is -0.456 e. The number of nitrogens with one attached hydrogen (secondary N) is 1. The first-order chi connectivity index (χ1) is 10.2. The zero-order chi connectivity index (χ0) is 14.7. The Morgan fingerprint density at radius 2 is 2.19 bits per heavy atom. The van der Waals surface area contributed by atoms with Gasteiger partial charge in [-0.3, -0.25) is 4.79 Å². The average Bonchev–Trinajstić information content (AvgIpc) is 3.16. The van der Waals surface area contributed by atoms with Crippen molar-refractivity contribution < 1.29 is 9.21 Å². The quantitative estimate of drug-likeness (QED) is 0.795. The van der Waals surface area contributed by atoms with Crippen LogP contribution in [0.15, 0.2) is 53.3 Å². The second kappa shape index (κ2) is 5.62. The van der Waals surface area contributed by atoms with E-state index < -0.39 is 0 Å². The summed E-state index contributed by atoms with van der Waals surface area (Å²) in [6.45, 7) is 2.15. The lowest BCUT2D eigenvalue weighted by Gasteiger charge is -2.08. The minimum absolute atomic E-state index is 0.252. The molecule has 0 fully saturated rings. The predicted molar refractivity (Wildman–Crippen MR) is 76.0 cm³/mol. The van der Waals surface area contributed by atoms with Crippen LogP contribution in [0, 0.1) is 6.92 Å². The monoisotopic (exact) mass is 282 g/mol. The molecule has 0 aliphatic carbocycles. The summed E-state index contributed by atoms with van der Waals surface area (Å²) in [6.07, 6.45) is 5.18. The predicted octanol–water partition coefficient (Wildman–Crippen LogP) is 2.10. The fourth-order valence-electron chi connectivity index (χ4n) is 1.99. The van der Waals surface area contributed by atoms with E-state index in [9.17, 15) is 4.79 Å². The summed E-state index contributed by atoms with van der Waals surface area (Å²) in [5, 5.41) is 6.98. The molecule has 0 aliphatic rings. The average molecular weight is 282 g/mol. The minimum atomic E-state index is -0.252. The molecule has 0 aromatic carbocycles. The summed E-state index contributed by atoms with van der Waals surface area (Å²) in [5.41, 5.74) is 0.873. The number of aromatic nitrogens is 3. The Labute approximate surface area is 121 Å². The number of hydrogen-bond acceptors (Lipinski definition) is 4. The molecule has 0 saturated carbocycles. The molecule has 0 aliphatic heterocycles. The van der Waals surface area contributed by atoms with Crippen LogP contribution in [-0.4, -0.2) is 20.7 Å². The van der Waals surface area contributed by atoms with Gasteiger partial charge in [0.2, 0.25) is 0 Å². The van der Waals surface area contributed by atoms with E-state index in [0.29, 0.717) is 23.9 Å². The molecular formula is C15H14N4O2. The third kappa shape index (κ3) is 2.84. The van der Waals surface area contributed by atoms with Gasteiger partial charge in [0.15, 0.2) is 11.6 Å². The van der Waals surface area contributed by atoms with Gasteiger partial charge in [0.05, 0.1) is 0 Å². The smallest absolute Gasteiger partial charge is 0.287 e. The van der Waals surface area contributed by atoms with Crippen molar-refractivity contribution in [3.63, 3.8) is 0 Å². The molecule has 0 atom stereocenters. The van der Waals surface area contributed by atoms with Crippen LogP contribution in [0.2, 0.25) is 0 Å². The lowest BCUT2D eigenvalue weighted by Crippen LogP contribution is -2.23. The zero-order valence-corrected chi connectivity index (χ0v) is 11.5. The number of nitrogens with zero attached hydrogens (tertiary/aromatic N) is 3. The van der Waals surface area contributed by atoms with Gasteiger partial charge >= 0.3 is 0 Å². The van der Waals surface area contributed by atoms with Crippen molar-refractivity contribution >= 4 is 5.91 Å². The third-order valence-electron chi connectivity index (χ3n) is 2.99. The van der Waals surface area contributed by atoms with Gasteiger partial charge in [-0.05, 0) is 31.2 Å². The van der Waals surface area contributed by atoms with Crippen LogP contribution in [0.1, 0.15) is 21.9 Å². The van der Waals surface area contributed by atoms with E-state index in [0.717, 1.165) is 5.56 Å². The molecule has 0 saturated heterocycles. The van der Waals surface area contributed by atoms with E-state index in [1.807, 2.05) is 24.4 Å². The summed E-state index contributed by atoms with van der Waals surface area (Å²) in [6, 6.07) is 8.96. The Kier molecular flexibility index (Phi) is 3.51. The molecule has 1 N–H and O–H groups in total. The topological polar surface area (TPSA) is 73.0 Å². The van der Waals surface area contributed by atoms with Crippen molar-refractivity contribution in [2.45, 2.75) is 13.5 Å². The van der Waals surface area contributed by atoms with Crippen molar-refractivity contribution in [3.8, 4) is 5.82 Å². The number of aryl methyl sites for hydroxylation is 1. The Hall–Kier alpha value is -2.89. The first-order valence-corrected chi connectivity index (χ1v) is 6.52. The second-order valence-electron chi connectivity index (χ2n) is 4.53. The van der Waals surface area contributed by atoms with Crippen LogP contribution in [0.3, 0.4) is 0 Å². The highest BCUT2D eigenvalue weighted by atomic mass is 16.3. The van der Waals surface area contributed by atoms with Gasteiger partial charge in [0.25, 0.3) is 5.91 Å². The Morgan fingerprint density at radius 1 is 1.29 bits per heavy atom. The number of furan rings is 1. The van der Waals surface area contributed by atoms with E-state index in [2.05, 4.69) is 15.4 Å². The maximum absolute atomic E-state index is 12.0. The van der Waals surface area contributed by atoms with Gasteiger partial charge in [-0.2, -0.15) is 5.10 Å². The molecule has 3 aromatic rings. The third-order valence-corrected chi connectivity index (χ3v) is 2.99. The van der Waals surface area contributed by atoms with E-state index >= 15 is 0 Å². The standard InChI is InChI=1S/C15H14N4O2/c1-11-5-6-13(21-11)15(20)17-10-12-4-2-7-16-14(12)19-9-3-8-18-19/h2-9H,10H2,1H3,(H,17,20). The molecule has 3 aromatic heterocycles. The Bertz CT molecular complexity index is 747. The van der Waals surface area contributed by atoms with Gasteiger partial charge in [-0.15, -0.1) is 0 Å². The van der Waals surface area contributed by atoms with Gasteiger partial charge in [-0.1, -0.05) is 6.07 Å². The molecule has 0 spiro atoms. The van der Waals surface area contributed by atoms with E-state index in [-0.39, 0.29) is 5.91 Å². The van der Waals surface area contributed by atoms with Crippen LogP contribution in [0.5, 0.6) is 0 Å². The lowest BCUT2D eigenvalue weighted by molar-refractivity contribution is 0.0922. The molecule has 0 unspecified atom stereocenters. The van der Waals surface area contributed by atoms with Gasteiger partial charge in [-0.25, -0.2) is 9.67 Å². The maximum Gasteiger partial charge on any atom is 0.287 e. The number of pyridine rings is 1. The molecule has 3 heterocycles. The zero-order valence-electron chi connectivity index (χ0n) is 11.5. The molecule has 1 amide bonds. The molecule has 21 heavy (non-hydrogen) atoms. The number of amides is 1. The highest BCUT2D eigenvalue weighted by Gasteiger charge is 2.11. The SMILES string of the molecule is Cc1ccc(C(=O)NCc2cccnc2-n2cccn2)o1. The fraction of sp³-hybridized carbons (Fsp3) is 0.133. The van der Waals surface area contributed by atoms with Crippen LogP contribution in [0.25, 0.3) is 5.82 Å². The molecule has 6 nitrogen and oxygen atoms in total. The van der Waals surface area contributed by atoms with Crippen molar-refractivity contribution in [2.75, 3.05) is 0 Å². The number of carbonyl (C=O) groups is 1. The maximum atomic E-state index is 12.0. The van der Waals surface area contributed by atoms with Crippen molar-refractivity contribution in [1.29, 1.82) is 0 Å². The van der Waals surface area contributed by atoms with E-state index in [1.54, 1.807) is 36.1 Å². The summed E-state index contributed by atoms with van der Waals surface area (Å²) in [5.74, 6) is 1.45. The van der Waals surface area contributed by atoms with E-state index in [1.165, 1.54) is 0 Å². The molecule has 6 heteroatoms. The van der Waals surface area contributed by atoms with Gasteiger partial charge < -0.3 is 9.73 Å². The summed E-state index contributed by atoms with van der Waals surface area (Å²) in [7, 11) is 0. The molecular weight excluding hydrogens is 268 g/mol. The normalized spacial score (nSPS) is 10.5. The lowest BCUT2D eigenvalue weighted by atomic mass is 10.2. The highest BCUT2D eigenvalue weighted by molar-refractivity contribution is 5.91. The summed E-state index contributed by atoms with van der Waals surface area (Å²) < 4.78 is 6.96. The largest absolute Gasteiger partial charge is 0.456 e. The van der Waals surface area contributed by atoms with Crippen molar-refractivity contribution in [2.24, 2.45) is 0 Å². The van der Waals surface area contributed by atoms with Crippen LogP contribution in [-0.2, 0) is 6.54 Å². The van der Waals surface area contributed by atoms with Crippen LogP contribution < -0.4 is 5.32 Å². The number of rotatable bonds is 4. The first kappa shape index (κ1) is 13.1. The van der Waals surface area contributed by atoms with Gasteiger partial charge in [0, 0.05) is 30.7 Å². The Balaban J connectivity index is 1.75. The van der Waals surface area contributed by atoms with Gasteiger partial charge in [0.1, 0.15) is 5.76 Å². The molecule has 0 bridgehead atoms. The van der Waals surface area contributed by atoms with Crippen molar-refractivity contribution in [3.05, 3.63) is 66.0 Å². The summed E-state index contributed by atoms with van der Waals surface area (Å²) >= 11 is 0. The molecule has 0 radical (unpaired) electrons. The number of carbonyl (C=O) groups excluding carboxylic acids is 1. The second-order valence-corrected chi connectivity index (χ2v) is 4.53. The van der Waals surface area contributed by atoms with Crippen LogP contribution >= 0.6 is 0 Å². The van der Waals surface area contributed by atoms with Crippen LogP contribution in [0.4, 0.5) is 0 Å². The first-order valence-electron chi connectivity index (χ1n) is 6.52.